The molecular weight excluding hydrogens is 190 g/mol. The third-order valence-electron chi connectivity index (χ3n) is 2.30. The molecular formula is C12H19NS. The number of aryl methyl sites for hydroxylation is 1. The Morgan fingerprint density at radius 2 is 2.21 bits per heavy atom. The summed E-state index contributed by atoms with van der Waals surface area (Å²) in [5.74, 6) is 1.18. The zero-order chi connectivity index (χ0) is 10.4. The van der Waals surface area contributed by atoms with Crippen LogP contribution in [0.3, 0.4) is 0 Å². The molecule has 0 aromatic heterocycles. The van der Waals surface area contributed by atoms with Crippen LogP contribution in [0.15, 0.2) is 24.3 Å². The Balaban J connectivity index is 2.47. The Labute approximate surface area is 91.3 Å². The van der Waals surface area contributed by atoms with E-state index < -0.39 is 0 Å². The summed E-state index contributed by atoms with van der Waals surface area (Å²) >= 11 is 1.88. The SMILES string of the molecule is CSCCN[C@H](C)c1cccc(C)c1. The molecule has 0 unspecified atom stereocenters. The van der Waals surface area contributed by atoms with Crippen molar-refractivity contribution >= 4 is 11.8 Å². The van der Waals surface area contributed by atoms with Crippen molar-refractivity contribution in [1.29, 1.82) is 0 Å². The molecule has 0 fully saturated rings. The smallest absolute Gasteiger partial charge is 0.0292 e. The monoisotopic (exact) mass is 209 g/mol. The number of rotatable bonds is 5. The van der Waals surface area contributed by atoms with Gasteiger partial charge in [-0.2, -0.15) is 11.8 Å². The van der Waals surface area contributed by atoms with Gasteiger partial charge in [-0.05, 0) is 25.7 Å². The van der Waals surface area contributed by atoms with Crippen LogP contribution in [-0.2, 0) is 0 Å². The molecule has 14 heavy (non-hydrogen) atoms. The van der Waals surface area contributed by atoms with E-state index in [-0.39, 0.29) is 0 Å². The van der Waals surface area contributed by atoms with Gasteiger partial charge >= 0.3 is 0 Å². The first-order valence-electron chi connectivity index (χ1n) is 5.03. The molecule has 1 aromatic carbocycles. The molecule has 1 nitrogen and oxygen atoms in total. The van der Waals surface area contributed by atoms with Crippen molar-refractivity contribution in [2.75, 3.05) is 18.6 Å². The lowest BCUT2D eigenvalue weighted by molar-refractivity contribution is 0.601. The van der Waals surface area contributed by atoms with E-state index in [0.717, 1.165) is 6.54 Å². The van der Waals surface area contributed by atoms with Gasteiger partial charge in [-0.1, -0.05) is 29.8 Å². The highest BCUT2D eigenvalue weighted by atomic mass is 32.2. The second-order valence-electron chi connectivity index (χ2n) is 3.58. The lowest BCUT2D eigenvalue weighted by Gasteiger charge is -2.14. The van der Waals surface area contributed by atoms with Gasteiger partial charge in [-0.25, -0.2) is 0 Å². The Morgan fingerprint density at radius 3 is 2.86 bits per heavy atom. The quantitative estimate of drug-likeness (QED) is 0.748. The highest BCUT2D eigenvalue weighted by molar-refractivity contribution is 7.98. The van der Waals surface area contributed by atoms with E-state index in [0.29, 0.717) is 6.04 Å². The molecule has 0 aliphatic rings. The maximum Gasteiger partial charge on any atom is 0.0292 e. The van der Waals surface area contributed by atoms with E-state index in [1.807, 2.05) is 11.8 Å². The van der Waals surface area contributed by atoms with Crippen molar-refractivity contribution < 1.29 is 0 Å². The third-order valence-corrected chi connectivity index (χ3v) is 2.91. The van der Waals surface area contributed by atoms with Crippen LogP contribution >= 0.6 is 11.8 Å². The summed E-state index contributed by atoms with van der Waals surface area (Å²) in [5, 5.41) is 3.51. The average molecular weight is 209 g/mol. The molecule has 0 heterocycles. The first-order valence-corrected chi connectivity index (χ1v) is 6.42. The van der Waals surface area contributed by atoms with Gasteiger partial charge in [0.2, 0.25) is 0 Å². The zero-order valence-electron chi connectivity index (χ0n) is 9.21. The molecule has 0 saturated heterocycles. The van der Waals surface area contributed by atoms with E-state index in [9.17, 15) is 0 Å². The molecule has 1 rings (SSSR count). The molecule has 2 heteroatoms. The van der Waals surface area contributed by atoms with Crippen LogP contribution in [-0.4, -0.2) is 18.6 Å². The second kappa shape index (κ2) is 6.10. The van der Waals surface area contributed by atoms with Crippen LogP contribution in [0.2, 0.25) is 0 Å². The number of benzene rings is 1. The van der Waals surface area contributed by atoms with Crippen LogP contribution in [0.4, 0.5) is 0 Å². The summed E-state index contributed by atoms with van der Waals surface area (Å²) in [6.45, 7) is 5.43. The maximum atomic E-state index is 3.51. The Kier molecular flexibility index (Phi) is 5.05. The van der Waals surface area contributed by atoms with Crippen molar-refractivity contribution in [3.63, 3.8) is 0 Å². The third kappa shape index (κ3) is 3.72. The first-order chi connectivity index (χ1) is 6.74. The molecule has 1 atom stereocenters. The van der Waals surface area contributed by atoms with Gasteiger partial charge in [-0.3, -0.25) is 0 Å². The van der Waals surface area contributed by atoms with Gasteiger partial charge in [-0.15, -0.1) is 0 Å². The summed E-state index contributed by atoms with van der Waals surface area (Å²) in [5.41, 5.74) is 2.71. The summed E-state index contributed by atoms with van der Waals surface area (Å²) in [7, 11) is 0. The van der Waals surface area contributed by atoms with E-state index in [1.54, 1.807) is 0 Å². The van der Waals surface area contributed by atoms with Crippen molar-refractivity contribution in [2.45, 2.75) is 19.9 Å². The molecule has 0 aliphatic carbocycles. The highest BCUT2D eigenvalue weighted by Crippen LogP contribution is 2.13. The normalized spacial score (nSPS) is 12.8. The van der Waals surface area contributed by atoms with Crippen molar-refractivity contribution in [3.8, 4) is 0 Å². The average Bonchev–Trinajstić information content (AvgIpc) is 2.18. The van der Waals surface area contributed by atoms with Gasteiger partial charge in [0.25, 0.3) is 0 Å². The van der Waals surface area contributed by atoms with E-state index >= 15 is 0 Å². The number of hydrogen-bond acceptors (Lipinski definition) is 2. The predicted octanol–water partition coefficient (Wildman–Crippen LogP) is 3.01. The summed E-state index contributed by atoms with van der Waals surface area (Å²) in [6, 6.07) is 9.15. The topological polar surface area (TPSA) is 12.0 Å². The molecule has 0 radical (unpaired) electrons. The van der Waals surface area contributed by atoms with Gasteiger partial charge in [0.15, 0.2) is 0 Å². The molecule has 78 valence electrons. The predicted molar refractivity (Wildman–Crippen MR) is 66.0 cm³/mol. The minimum Gasteiger partial charge on any atom is -0.309 e. The van der Waals surface area contributed by atoms with Gasteiger partial charge in [0, 0.05) is 18.3 Å². The fourth-order valence-corrected chi connectivity index (χ4v) is 1.76. The van der Waals surface area contributed by atoms with Crippen LogP contribution in [0, 0.1) is 6.92 Å². The largest absolute Gasteiger partial charge is 0.309 e. The van der Waals surface area contributed by atoms with Crippen LogP contribution in [0.25, 0.3) is 0 Å². The molecule has 0 saturated carbocycles. The Hall–Kier alpha value is -0.470. The molecule has 0 spiro atoms. The zero-order valence-corrected chi connectivity index (χ0v) is 10.0. The first kappa shape index (κ1) is 11.6. The Morgan fingerprint density at radius 1 is 1.43 bits per heavy atom. The van der Waals surface area contributed by atoms with Gasteiger partial charge in [0.1, 0.15) is 0 Å². The molecule has 0 amide bonds. The fraction of sp³-hybridized carbons (Fsp3) is 0.500. The molecule has 0 bridgehead atoms. The van der Waals surface area contributed by atoms with Crippen LogP contribution < -0.4 is 5.32 Å². The number of thioether (sulfide) groups is 1. The summed E-state index contributed by atoms with van der Waals surface area (Å²) < 4.78 is 0. The standard InChI is InChI=1S/C12H19NS/c1-10-5-4-6-12(9-10)11(2)13-7-8-14-3/h4-6,9,11,13H,7-8H2,1-3H3/t11-/m1/s1. The van der Waals surface area contributed by atoms with Gasteiger partial charge < -0.3 is 5.32 Å². The van der Waals surface area contributed by atoms with Crippen molar-refractivity contribution in [1.82, 2.24) is 5.32 Å². The van der Waals surface area contributed by atoms with Gasteiger partial charge in [0.05, 0.1) is 0 Å². The highest BCUT2D eigenvalue weighted by Gasteiger charge is 2.03. The number of hydrogen-bond donors (Lipinski definition) is 1. The Bertz CT molecular complexity index is 273. The second-order valence-corrected chi connectivity index (χ2v) is 4.57. The van der Waals surface area contributed by atoms with E-state index in [1.165, 1.54) is 16.9 Å². The molecule has 1 N–H and O–H groups in total. The van der Waals surface area contributed by atoms with E-state index in [2.05, 4.69) is 49.7 Å². The van der Waals surface area contributed by atoms with Crippen LogP contribution in [0.1, 0.15) is 24.1 Å². The summed E-state index contributed by atoms with van der Waals surface area (Å²) in [6.07, 6.45) is 2.14. The molecule has 1 aromatic rings. The van der Waals surface area contributed by atoms with Crippen LogP contribution in [0.5, 0.6) is 0 Å². The summed E-state index contributed by atoms with van der Waals surface area (Å²) in [4.78, 5) is 0. The lowest BCUT2D eigenvalue weighted by Crippen LogP contribution is -2.21. The maximum absolute atomic E-state index is 3.51. The van der Waals surface area contributed by atoms with Crippen molar-refractivity contribution in [3.05, 3.63) is 35.4 Å². The molecule has 0 aliphatic heterocycles. The van der Waals surface area contributed by atoms with E-state index in [4.69, 9.17) is 0 Å². The minimum absolute atomic E-state index is 0.460. The fourth-order valence-electron chi connectivity index (χ4n) is 1.43. The lowest BCUT2D eigenvalue weighted by atomic mass is 10.1. The number of nitrogens with one attached hydrogen (secondary N) is 1. The minimum atomic E-state index is 0.460. The van der Waals surface area contributed by atoms with Crippen molar-refractivity contribution in [2.24, 2.45) is 0 Å².